The number of nitrogens with one attached hydrogen (secondary N) is 1. The lowest BCUT2D eigenvalue weighted by molar-refractivity contribution is 0.0746. The topological polar surface area (TPSA) is 61.4 Å². The third kappa shape index (κ3) is 4.68. The van der Waals surface area contributed by atoms with E-state index in [4.69, 9.17) is 0 Å². The highest BCUT2D eigenvalue weighted by molar-refractivity contribution is 5.95. The maximum Gasteiger partial charge on any atom is 0.255 e. The number of anilines is 2. The minimum Gasteiger partial charge on any atom is -0.380 e. The molecule has 1 fully saturated rings. The smallest absolute Gasteiger partial charge is 0.255 e. The van der Waals surface area contributed by atoms with Crippen LogP contribution in [0, 0.1) is 5.82 Å². The van der Waals surface area contributed by atoms with Gasteiger partial charge in [-0.05, 0) is 42.0 Å². The third-order valence-electron chi connectivity index (χ3n) is 4.96. The number of pyridine rings is 2. The number of carbonyl (C=O) groups is 1. The number of carbonyl (C=O) groups excluding carboxylic acids is 1. The van der Waals surface area contributed by atoms with Gasteiger partial charge in [-0.1, -0.05) is 6.07 Å². The lowest BCUT2D eigenvalue weighted by atomic mass is 10.2. The van der Waals surface area contributed by atoms with Crippen molar-refractivity contribution < 1.29 is 9.18 Å². The number of hydrogen-bond acceptors (Lipinski definition) is 5. The number of nitrogens with zero attached hydrogens (tertiary/aromatic N) is 4. The maximum absolute atomic E-state index is 13.1. The van der Waals surface area contributed by atoms with Gasteiger partial charge in [0.2, 0.25) is 0 Å². The van der Waals surface area contributed by atoms with Crippen molar-refractivity contribution in [2.45, 2.75) is 6.54 Å². The van der Waals surface area contributed by atoms with Gasteiger partial charge in [0.15, 0.2) is 0 Å². The molecule has 1 aliphatic heterocycles. The van der Waals surface area contributed by atoms with Crippen LogP contribution in [-0.4, -0.2) is 47.0 Å². The molecular weight excluding hydrogens is 369 g/mol. The predicted octanol–water partition coefficient (Wildman–Crippen LogP) is 3.19. The molecule has 4 rings (SSSR count). The predicted molar refractivity (Wildman–Crippen MR) is 110 cm³/mol. The van der Waals surface area contributed by atoms with E-state index in [9.17, 15) is 9.18 Å². The third-order valence-corrected chi connectivity index (χ3v) is 4.96. The van der Waals surface area contributed by atoms with Crippen molar-refractivity contribution in [3.05, 3.63) is 84.2 Å². The van der Waals surface area contributed by atoms with Gasteiger partial charge in [0.05, 0.1) is 11.3 Å². The second-order valence-corrected chi connectivity index (χ2v) is 6.93. The van der Waals surface area contributed by atoms with E-state index in [2.05, 4.69) is 20.2 Å². The summed E-state index contributed by atoms with van der Waals surface area (Å²) in [6.07, 6.45) is 6.85. The van der Waals surface area contributed by atoms with Crippen LogP contribution in [0.4, 0.5) is 15.8 Å². The van der Waals surface area contributed by atoms with Crippen LogP contribution in [0.15, 0.2) is 67.3 Å². The molecule has 0 unspecified atom stereocenters. The van der Waals surface area contributed by atoms with Crippen LogP contribution in [0.2, 0.25) is 0 Å². The van der Waals surface area contributed by atoms with E-state index in [1.54, 1.807) is 36.9 Å². The van der Waals surface area contributed by atoms with Gasteiger partial charge in [-0.3, -0.25) is 14.8 Å². The summed E-state index contributed by atoms with van der Waals surface area (Å²) in [5.41, 5.74) is 3.39. The van der Waals surface area contributed by atoms with Crippen LogP contribution in [0.3, 0.4) is 0 Å². The molecule has 1 aliphatic rings. The molecule has 0 spiro atoms. The van der Waals surface area contributed by atoms with Gasteiger partial charge in [0.1, 0.15) is 5.82 Å². The Bertz CT molecular complexity index is 956. The number of amides is 1. The average molecular weight is 391 g/mol. The van der Waals surface area contributed by atoms with Crippen molar-refractivity contribution in [3.8, 4) is 0 Å². The lowest BCUT2D eigenvalue weighted by Crippen LogP contribution is -2.48. The zero-order chi connectivity index (χ0) is 20.1. The molecule has 0 aliphatic carbocycles. The monoisotopic (exact) mass is 391 g/mol. The van der Waals surface area contributed by atoms with Crippen molar-refractivity contribution in [2.24, 2.45) is 0 Å². The highest BCUT2D eigenvalue weighted by Crippen LogP contribution is 2.18. The van der Waals surface area contributed by atoms with Crippen molar-refractivity contribution >= 4 is 17.3 Å². The van der Waals surface area contributed by atoms with Gasteiger partial charge >= 0.3 is 0 Å². The Morgan fingerprint density at radius 3 is 2.52 bits per heavy atom. The highest BCUT2D eigenvalue weighted by Gasteiger charge is 2.22. The largest absolute Gasteiger partial charge is 0.380 e. The molecule has 6 nitrogen and oxygen atoms in total. The number of halogens is 1. The average Bonchev–Trinajstić information content (AvgIpc) is 2.79. The van der Waals surface area contributed by atoms with Gasteiger partial charge in [-0.2, -0.15) is 0 Å². The molecule has 0 atom stereocenters. The fraction of sp³-hybridized carbons (Fsp3) is 0.227. The standard InChI is InChI=1S/C22H22FN5O/c23-19-3-5-21(6-4-19)27-8-10-28(11-9-27)22(29)18-12-20(16-25-15-18)26-14-17-2-1-7-24-13-17/h1-7,12-13,15-16,26H,8-11,14H2. The SMILES string of the molecule is O=C(c1cncc(NCc2cccnc2)c1)N1CCN(c2ccc(F)cc2)CC1. The van der Waals surface area contributed by atoms with Gasteiger partial charge in [-0.25, -0.2) is 4.39 Å². The van der Waals surface area contributed by atoms with Crippen molar-refractivity contribution in [2.75, 3.05) is 36.4 Å². The van der Waals surface area contributed by atoms with Gasteiger partial charge in [0.25, 0.3) is 5.91 Å². The molecule has 0 radical (unpaired) electrons. The van der Waals surface area contributed by atoms with Crippen molar-refractivity contribution in [1.82, 2.24) is 14.9 Å². The quantitative estimate of drug-likeness (QED) is 0.724. The molecule has 2 aromatic heterocycles. The van der Waals surface area contributed by atoms with Gasteiger partial charge in [-0.15, -0.1) is 0 Å². The molecule has 1 amide bonds. The van der Waals surface area contributed by atoms with Crippen LogP contribution < -0.4 is 10.2 Å². The summed E-state index contributed by atoms with van der Waals surface area (Å²) in [5, 5.41) is 3.28. The van der Waals surface area contributed by atoms with Crippen LogP contribution in [-0.2, 0) is 6.54 Å². The number of rotatable bonds is 5. The Hall–Kier alpha value is -3.48. The first-order valence-corrected chi connectivity index (χ1v) is 9.57. The Morgan fingerprint density at radius 2 is 1.79 bits per heavy atom. The number of piperazine rings is 1. The molecule has 7 heteroatoms. The summed E-state index contributed by atoms with van der Waals surface area (Å²) in [6, 6.07) is 12.2. The zero-order valence-electron chi connectivity index (χ0n) is 16.0. The molecular formula is C22H22FN5O. The molecule has 1 N–H and O–H groups in total. The van der Waals surface area contributed by atoms with E-state index in [-0.39, 0.29) is 11.7 Å². The molecule has 1 aromatic carbocycles. The first kappa shape index (κ1) is 18.9. The minimum atomic E-state index is -0.243. The van der Waals surface area contributed by atoms with Crippen LogP contribution in [0.1, 0.15) is 15.9 Å². The summed E-state index contributed by atoms with van der Waals surface area (Å²) >= 11 is 0. The fourth-order valence-corrected chi connectivity index (χ4v) is 3.36. The van der Waals surface area contributed by atoms with Crippen molar-refractivity contribution in [3.63, 3.8) is 0 Å². The first-order valence-electron chi connectivity index (χ1n) is 9.57. The molecule has 29 heavy (non-hydrogen) atoms. The molecule has 0 bridgehead atoms. The van der Waals surface area contributed by atoms with Crippen molar-refractivity contribution in [1.29, 1.82) is 0 Å². The lowest BCUT2D eigenvalue weighted by Gasteiger charge is -2.36. The van der Waals surface area contributed by atoms with E-state index in [0.717, 1.165) is 16.9 Å². The second kappa shape index (κ2) is 8.68. The van der Waals surface area contributed by atoms with E-state index < -0.39 is 0 Å². The van der Waals surface area contributed by atoms with E-state index in [0.29, 0.717) is 38.3 Å². The zero-order valence-corrected chi connectivity index (χ0v) is 16.0. The van der Waals surface area contributed by atoms with Crippen LogP contribution in [0.25, 0.3) is 0 Å². The Morgan fingerprint density at radius 1 is 1.00 bits per heavy atom. The second-order valence-electron chi connectivity index (χ2n) is 6.93. The maximum atomic E-state index is 13.1. The molecule has 148 valence electrons. The molecule has 1 saturated heterocycles. The molecule has 3 aromatic rings. The highest BCUT2D eigenvalue weighted by atomic mass is 19.1. The summed E-state index contributed by atoms with van der Waals surface area (Å²) in [4.78, 5) is 25.2. The fourth-order valence-electron chi connectivity index (χ4n) is 3.36. The summed E-state index contributed by atoms with van der Waals surface area (Å²) in [6.45, 7) is 3.27. The normalized spacial score (nSPS) is 14.0. The molecule has 0 saturated carbocycles. The minimum absolute atomic E-state index is 0.0266. The van der Waals surface area contributed by atoms with E-state index >= 15 is 0 Å². The summed E-state index contributed by atoms with van der Waals surface area (Å²) in [7, 11) is 0. The summed E-state index contributed by atoms with van der Waals surface area (Å²) in [5.74, 6) is -0.270. The van der Waals surface area contributed by atoms with E-state index in [1.807, 2.05) is 23.1 Å². The van der Waals surface area contributed by atoms with Gasteiger partial charge < -0.3 is 15.1 Å². The van der Waals surface area contributed by atoms with Crippen LogP contribution in [0.5, 0.6) is 0 Å². The molecule has 3 heterocycles. The number of benzene rings is 1. The Balaban J connectivity index is 1.35. The number of aromatic nitrogens is 2. The van der Waals surface area contributed by atoms with Crippen LogP contribution >= 0.6 is 0 Å². The number of hydrogen-bond donors (Lipinski definition) is 1. The van der Waals surface area contributed by atoms with Gasteiger partial charge in [0, 0.05) is 63.2 Å². The Labute approximate surface area is 169 Å². The van der Waals surface area contributed by atoms with E-state index in [1.165, 1.54) is 12.1 Å². The first-order chi connectivity index (χ1) is 14.2. The Kier molecular flexibility index (Phi) is 5.65. The summed E-state index contributed by atoms with van der Waals surface area (Å²) < 4.78 is 13.1.